The second-order valence-electron chi connectivity index (χ2n) is 3.58. The van der Waals surface area contributed by atoms with Crippen LogP contribution in [0.2, 0.25) is 0 Å². The highest BCUT2D eigenvalue weighted by atomic mass is 32.2. The molecule has 0 aliphatic carbocycles. The molecule has 0 aliphatic rings. The summed E-state index contributed by atoms with van der Waals surface area (Å²) in [4.78, 5) is 3.77. The Morgan fingerprint density at radius 2 is 2.31 bits per heavy atom. The highest BCUT2D eigenvalue weighted by Gasteiger charge is 2.14. The van der Waals surface area contributed by atoms with Crippen LogP contribution in [0.25, 0.3) is 0 Å². The lowest BCUT2D eigenvalue weighted by Gasteiger charge is -2.18. The average Bonchev–Trinajstić information content (AvgIpc) is 2.29. The van der Waals surface area contributed by atoms with Gasteiger partial charge in [-0.25, -0.2) is 4.39 Å². The van der Waals surface area contributed by atoms with Gasteiger partial charge in [0.25, 0.3) is 0 Å². The molecule has 0 saturated heterocycles. The van der Waals surface area contributed by atoms with Gasteiger partial charge >= 0.3 is 0 Å². The Bertz CT molecular complexity index is 307. The molecule has 16 heavy (non-hydrogen) atoms. The monoisotopic (exact) mass is 242 g/mol. The summed E-state index contributed by atoms with van der Waals surface area (Å²) >= 11 is 1.86. The summed E-state index contributed by atoms with van der Waals surface area (Å²) in [7, 11) is 0. The summed E-state index contributed by atoms with van der Waals surface area (Å²) in [5.41, 5.74) is 0.723. The standard InChI is InChI=1S/C12H19FN2S/c1-3-7-16-9-12(15-4-2)10-5-6-14-8-11(10)13/h5-6,8,12,15H,3-4,7,9H2,1-2H3. The summed E-state index contributed by atoms with van der Waals surface area (Å²) in [6.45, 7) is 5.04. The third kappa shape index (κ3) is 4.10. The van der Waals surface area contributed by atoms with Crippen molar-refractivity contribution in [2.75, 3.05) is 18.1 Å². The van der Waals surface area contributed by atoms with Crippen LogP contribution < -0.4 is 5.32 Å². The molecule has 0 aromatic carbocycles. The Labute approximate surface area is 101 Å². The first kappa shape index (κ1) is 13.5. The summed E-state index contributed by atoms with van der Waals surface area (Å²) in [5, 5.41) is 3.31. The first-order valence-corrected chi connectivity index (χ1v) is 6.85. The Morgan fingerprint density at radius 1 is 1.50 bits per heavy atom. The molecule has 0 fully saturated rings. The summed E-state index contributed by atoms with van der Waals surface area (Å²) in [6.07, 6.45) is 4.08. The maximum absolute atomic E-state index is 13.6. The molecule has 1 N–H and O–H groups in total. The summed E-state index contributed by atoms with van der Waals surface area (Å²) in [5.74, 6) is 1.81. The van der Waals surface area contributed by atoms with Crippen LogP contribution in [0.4, 0.5) is 4.39 Å². The van der Waals surface area contributed by atoms with Crippen LogP contribution in [-0.2, 0) is 0 Å². The predicted molar refractivity (Wildman–Crippen MR) is 68.2 cm³/mol. The first-order valence-electron chi connectivity index (χ1n) is 5.70. The fourth-order valence-electron chi connectivity index (χ4n) is 1.52. The summed E-state index contributed by atoms with van der Waals surface area (Å²) in [6, 6.07) is 1.85. The first-order chi connectivity index (χ1) is 7.79. The van der Waals surface area contributed by atoms with Gasteiger partial charge in [-0.2, -0.15) is 11.8 Å². The third-order valence-electron chi connectivity index (χ3n) is 2.26. The van der Waals surface area contributed by atoms with Gasteiger partial charge in [-0.05, 0) is 24.8 Å². The molecule has 0 aliphatic heterocycles. The number of nitrogens with zero attached hydrogens (tertiary/aromatic N) is 1. The minimum Gasteiger partial charge on any atom is -0.309 e. The van der Waals surface area contributed by atoms with E-state index >= 15 is 0 Å². The second kappa shape index (κ2) is 7.63. The predicted octanol–water partition coefficient (Wildman–Crippen LogP) is 3.01. The van der Waals surface area contributed by atoms with Gasteiger partial charge in [0.2, 0.25) is 0 Å². The van der Waals surface area contributed by atoms with Crippen LogP contribution in [0, 0.1) is 5.82 Å². The zero-order chi connectivity index (χ0) is 11.8. The van der Waals surface area contributed by atoms with E-state index in [4.69, 9.17) is 0 Å². The largest absolute Gasteiger partial charge is 0.309 e. The Morgan fingerprint density at radius 3 is 2.94 bits per heavy atom. The molecule has 0 saturated carbocycles. The van der Waals surface area contributed by atoms with Gasteiger partial charge in [0.1, 0.15) is 5.82 Å². The van der Waals surface area contributed by atoms with E-state index in [9.17, 15) is 4.39 Å². The van der Waals surface area contributed by atoms with E-state index in [-0.39, 0.29) is 11.9 Å². The quantitative estimate of drug-likeness (QED) is 0.744. The van der Waals surface area contributed by atoms with Crippen molar-refractivity contribution < 1.29 is 4.39 Å². The highest BCUT2D eigenvalue weighted by Crippen LogP contribution is 2.20. The molecule has 1 heterocycles. The van der Waals surface area contributed by atoms with Crippen molar-refractivity contribution >= 4 is 11.8 Å². The molecule has 2 nitrogen and oxygen atoms in total. The molecule has 1 aromatic heterocycles. The van der Waals surface area contributed by atoms with E-state index in [1.54, 1.807) is 12.3 Å². The van der Waals surface area contributed by atoms with Crippen LogP contribution in [0.5, 0.6) is 0 Å². The number of hydrogen-bond donors (Lipinski definition) is 1. The van der Waals surface area contributed by atoms with Crippen LogP contribution in [0.3, 0.4) is 0 Å². The van der Waals surface area contributed by atoms with E-state index in [1.807, 2.05) is 18.7 Å². The van der Waals surface area contributed by atoms with Gasteiger partial charge in [0, 0.05) is 23.6 Å². The number of pyridine rings is 1. The van der Waals surface area contributed by atoms with Crippen molar-refractivity contribution in [1.82, 2.24) is 10.3 Å². The molecule has 0 spiro atoms. The minimum atomic E-state index is -0.217. The van der Waals surface area contributed by atoms with Gasteiger partial charge in [0.15, 0.2) is 0 Å². The van der Waals surface area contributed by atoms with Crippen LogP contribution in [-0.4, -0.2) is 23.0 Å². The van der Waals surface area contributed by atoms with Crippen LogP contribution >= 0.6 is 11.8 Å². The van der Waals surface area contributed by atoms with E-state index in [0.717, 1.165) is 30.0 Å². The van der Waals surface area contributed by atoms with Crippen molar-refractivity contribution in [2.24, 2.45) is 0 Å². The topological polar surface area (TPSA) is 24.9 Å². The fourth-order valence-corrected chi connectivity index (χ4v) is 2.51. The lowest BCUT2D eigenvalue weighted by molar-refractivity contribution is 0.541. The molecule has 4 heteroatoms. The molecule has 90 valence electrons. The van der Waals surface area contributed by atoms with Gasteiger partial charge in [-0.15, -0.1) is 0 Å². The minimum absolute atomic E-state index is 0.0875. The molecule has 1 aromatic rings. The van der Waals surface area contributed by atoms with E-state index in [0.29, 0.717) is 0 Å². The average molecular weight is 242 g/mol. The fraction of sp³-hybridized carbons (Fsp3) is 0.583. The maximum Gasteiger partial charge on any atom is 0.146 e. The van der Waals surface area contributed by atoms with E-state index in [1.165, 1.54) is 6.20 Å². The van der Waals surface area contributed by atoms with Crippen molar-refractivity contribution in [3.8, 4) is 0 Å². The molecule has 1 unspecified atom stereocenters. The van der Waals surface area contributed by atoms with Gasteiger partial charge in [-0.1, -0.05) is 13.8 Å². The molecule has 0 bridgehead atoms. The van der Waals surface area contributed by atoms with Crippen molar-refractivity contribution in [1.29, 1.82) is 0 Å². The lowest BCUT2D eigenvalue weighted by atomic mass is 10.1. The number of hydrogen-bond acceptors (Lipinski definition) is 3. The van der Waals surface area contributed by atoms with Crippen molar-refractivity contribution in [3.05, 3.63) is 29.8 Å². The third-order valence-corrected chi connectivity index (χ3v) is 3.53. The smallest absolute Gasteiger partial charge is 0.146 e. The SMILES string of the molecule is CCCSCC(NCC)c1ccncc1F. The second-order valence-corrected chi connectivity index (χ2v) is 4.73. The van der Waals surface area contributed by atoms with E-state index < -0.39 is 0 Å². The molecule has 1 atom stereocenters. The van der Waals surface area contributed by atoms with Crippen LogP contribution in [0.1, 0.15) is 31.9 Å². The molecule has 1 rings (SSSR count). The molecule has 0 radical (unpaired) electrons. The normalized spacial score (nSPS) is 12.7. The Balaban J connectivity index is 2.65. The Hall–Kier alpha value is -0.610. The highest BCUT2D eigenvalue weighted by molar-refractivity contribution is 7.99. The van der Waals surface area contributed by atoms with Crippen molar-refractivity contribution in [3.63, 3.8) is 0 Å². The number of aromatic nitrogens is 1. The zero-order valence-electron chi connectivity index (χ0n) is 9.87. The number of thioether (sulfide) groups is 1. The van der Waals surface area contributed by atoms with Gasteiger partial charge in [-0.3, -0.25) is 4.98 Å². The van der Waals surface area contributed by atoms with Crippen molar-refractivity contribution in [2.45, 2.75) is 26.3 Å². The van der Waals surface area contributed by atoms with Crippen LogP contribution in [0.15, 0.2) is 18.5 Å². The molecule has 0 amide bonds. The Kier molecular flexibility index (Phi) is 6.42. The lowest BCUT2D eigenvalue weighted by Crippen LogP contribution is -2.24. The van der Waals surface area contributed by atoms with Gasteiger partial charge < -0.3 is 5.32 Å². The zero-order valence-corrected chi connectivity index (χ0v) is 10.7. The summed E-state index contributed by atoms with van der Waals surface area (Å²) < 4.78 is 13.6. The molecular weight excluding hydrogens is 223 g/mol. The number of nitrogens with one attached hydrogen (secondary N) is 1. The molecular formula is C12H19FN2S. The number of rotatable bonds is 7. The number of halogens is 1. The van der Waals surface area contributed by atoms with E-state index in [2.05, 4.69) is 17.2 Å². The maximum atomic E-state index is 13.6. The van der Waals surface area contributed by atoms with Gasteiger partial charge in [0.05, 0.1) is 6.20 Å².